The first kappa shape index (κ1) is 14.5. The highest BCUT2D eigenvalue weighted by molar-refractivity contribution is 7.80. The minimum atomic E-state index is -0.255. The molecule has 0 saturated heterocycles. The Hall–Kier alpha value is -1.94. The third kappa shape index (κ3) is 3.78. The minimum Gasteiger partial charge on any atom is -0.348 e. The summed E-state index contributed by atoms with van der Waals surface area (Å²) in [5.41, 5.74) is 3.26. The molecule has 0 unspecified atom stereocenters. The molecule has 1 N–H and O–H groups in total. The van der Waals surface area contributed by atoms with E-state index in [1.54, 1.807) is 12.1 Å². The van der Waals surface area contributed by atoms with Crippen molar-refractivity contribution in [2.45, 2.75) is 13.5 Å². The molecule has 4 heteroatoms. The monoisotopic (exact) mass is 288 g/mol. The molecule has 0 bridgehead atoms. The third-order valence-corrected chi connectivity index (χ3v) is 3.52. The maximum absolute atomic E-state index is 12.8. The van der Waals surface area contributed by atoms with Crippen molar-refractivity contribution in [2.24, 2.45) is 0 Å². The van der Waals surface area contributed by atoms with Gasteiger partial charge in [-0.1, -0.05) is 24.3 Å². The largest absolute Gasteiger partial charge is 0.348 e. The van der Waals surface area contributed by atoms with E-state index in [1.807, 2.05) is 24.1 Å². The predicted molar refractivity (Wildman–Crippen MR) is 85.3 cm³/mol. The smallest absolute Gasteiger partial charge is 0.173 e. The summed E-state index contributed by atoms with van der Waals surface area (Å²) >= 11 is 5.36. The van der Waals surface area contributed by atoms with E-state index >= 15 is 0 Å². The number of thiocarbonyl (C=S) groups is 1. The number of hydrogen-bond acceptors (Lipinski definition) is 1. The lowest BCUT2D eigenvalue weighted by Gasteiger charge is -2.22. The molecule has 0 aromatic heterocycles. The summed E-state index contributed by atoms with van der Waals surface area (Å²) in [6.45, 7) is 2.82. The Kier molecular flexibility index (Phi) is 4.69. The normalized spacial score (nSPS) is 10.2. The molecule has 0 saturated carbocycles. The van der Waals surface area contributed by atoms with Crippen LogP contribution in [0.4, 0.5) is 10.1 Å². The van der Waals surface area contributed by atoms with E-state index in [9.17, 15) is 4.39 Å². The van der Waals surface area contributed by atoms with E-state index in [4.69, 9.17) is 12.2 Å². The van der Waals surface area contributed by atoms with Crippen LogP contribution in [0, 0.1) is 12.7 Å². The molecule has 2 aromatic rings. The van der Waals surface area contributed by atoms with Gasteiger partial charge in [-0.2, -0.15) is 0 Å². The van der Waals surface area contributed by atoms with Gasteiger partial charge in [-0.25, -0.2) is 4.39 Å². The zero-order valence-electron chi connectivity index (χ0n) is 11.6. The van der Waals surface area contributed by atoms with Crippen molar-refractivity contribution in [1.29, 1.82) is 0 Å². The lowest BCUT2D eigenvalue weighted by atomic mass is 10.1. The van der Waals surface area contributed by atoms with Crippen LogP contribution in [0.1, 0.15) is 11.1 Å². The van der Waals surface area contributed by atoms with E-state index < -0.39 is 0 Å². The Balaban J connectivity index is 1.99. The van der Waals surface area contributed by atoms with Gasteiger partial charge in [-0.3, -0.25) is 0 Å². The number of anilines is 1. The van der Waals surface area contributed by atoms with Gasteiger partial charge in [-0.05, 0) is 54.5 Å². The van der Waals surface area contributed by atoms with Gasteiger partial charge in [-0.15, -0.1) is 0 Å². The van der Waals surface area contributed by atoms with Gasteiger partial charge >= 0.3 is 0 Å². The SMILES string of the molecule is Cc1ccccc1CN(C)C(=S)Nc1ccc(F)cc1. The second-order valence-electron chi connectivity index (χ2n) is 4.72. The van der Waals surface area contributed by atoms with Gasteiger partial charge in [0.05, 0.1) is 0 Å². The molecule has 104 valence electrons. The fraction of sp³-hybridized carbons (Fsp3) is 0.188. The van der Waals surface area contributed by atoms with Crippen molar-refractivity contribution in [3.8, 4) is 0 Å². The number of aryl methyl sites for hydroxylation is 1. The minimum absolute atomic E-state index is 0.255. The average molecular weight is 288 g/mol. The van der Waals surface area contributed by atoms with Crippen molar-refractivity contribution in [3.63, 3.8) is 0 Å². The maximum Gasteiger partial charge on any atom is 0.173 e. The molecule has 0 aliphatic rings. The molecule has 0 spiro atoms. The van der Waals surface area contributed by atoms with Crippen LogP contribution in [0.5, 0.6) is 0 Å². The van der Waals surface area contributed by atoms with Crippen LogP contribution in [0.25, 0.3) is 0 Å². The van der Waals surface area contributed by atoms with Gasteiger partial charge in [0.2, 0.25) is 0 Å². The first-order valence-electron chi connectivity index (χ1n) is 6.38. The number of benzene rings is 2. The molecule has 2 rings (SSSR count). The molecule has 0 radical (unpaired) electrons. The Labute approximate surface area is 124 Å². The number of hydrogen-bond donors (Lipinski definition) is 1. The summed E-state index contributed by atoms with van der Waals surface area (Å²) in [5, 5.41) is 3.71. The highest BCUT2D eigenvalue weighted by Crippen LogP contribution is 2.12. The summed E-state index contributed by atoms with van der Waals surface area (Å²) in [6.07, 6.45) is 0. The second-order valence-corrected chi connectivity index (χ2v) is 5.11. The number of rotatable bonds is 3. The standard InChI is InChI=1S/C16H17FN2S/c1-12-5-3-4-6-13(12)11-19(2)16(20)18-15-9-7-14(17)8-10-15/h3-10H,11H2,1-2H3,(H,18,20). The van der Waals surface area contributed by atoms with Gasteiger partial charge in [0.1, 0.15) is 5.82 Å². The fourth-order valence-corrected chi connectivity index (χ4v) is 2.05. The summed E-state index contributed by atoms with van der Waals surface area (Å²) < 4.78 is 12.8. The third-order valence-electron chi connectivity index (χ3n) is 3.11. The van der Waals surface area contributed by atoms with Crippen LogP contribution in [-0.4, -0.2) is 17.1 Å². The van der Waals surface area contributed by atoms with Crippen LogP contribution < -0.4 is 5.32 Å². The van der Waals surface area contributed by atoms with Crippen LogP contribution >= 0.6 is 12.2 Å². The molecule has 0 atom stereocenters. The molecular formula is C16H17FN2S. The second kappa shape index (κ2) is 6.48. The van der Waals surface area contributed by atoms with Crippen LogP contribution in [0.3, 0.4) is 0 Å². The van der Waals surface area contributed by atoms with Crippen molar-refractivity contribution in [3.05, 3.63) is 65.5 Å². The molecule has 20 heavy (non-hydrogen) atoms. The van der Waals surface area contributed by atoms with Gasteiger partial charge in [0, 0.05) is 19.3 Å². The lowest BCUT2D eigenvalue weighted by Crippen LogP contribution is -2.30. The molecular weight excluding hydrogens is 271 g/mol. The van der Waals surface area contributed by atoms with Gasteiger partial charge in [0.15, 0.2) is 5.11 Å². The molecule has 0 aliphatic carbocycles. The first-order chi connectivity index (χ1) is 9.56. The zero-order valence-corrected chi connectivity index (χ0v) is 12.4. The number of nitrogens with one attached hydrogen (secondary N) is 1. The quantitative estimate of drug-likeness (QED) is 0.861. The van der Waals surface area contributed by atoms with E-state index in [-0.39, 0.29) is 5.82 Å². The topological polar surface area (TPSA) is 15.3 Å². The molecule has 2 nitrogen and oxygen atoms in total. The molecule has 0 heterocycles. The highest BCUT2D eigenvalue weighted by atomic mass is 32.1. The molecule has 0 aliphatic heterocycles. The fourth-order valence-electron chi connectivity index (χ4n) is 1.87. The van der Waals surface area contributed by atoms with Gasteiger partial charge < -0.3 is 10.2 Å². The predicted octanol–water partition coefficient (Wildman–Crippen LogP) is 3.96. The summed E-state index contributed by atoms with van der Waals surface area (Å²) in [7, 11) is 1.94. The van der Waals surface area contributed by atoms with Crippen molar-refractivity contribution >= 4 is 23.0 Å². The first-order valence-corrected chi connectivity index (χ1v) is 6.79. The van der Waals surface area contributed by atoms with E-state index in [1.165, 1.54) is 23.3 Å². The van der Waals surface area contributed by atoms with E-state index in [0.29, 0.717) is 5.11 Å². The number of nitrogens with zero attached hydrogens (tertiary/aromatic N) is 1. The van der Waals surface area contributed by atoms with E-state index in [0.717, 1.165) is 12.2 Å². The Morgan fingerprint density at radius 1 is 1.15 bits per heavy atom. The summed E-state index contributed by atoms with van der Waals surface area (Å²) in [5.74, 6) is -0.255. The average Bonchev–Trinajstić information content (AvgIpc) is 2.44. The Morgan fingerprint density at radius 3 is 2.45 bits per heavy atom. The van der Waals surface area contributed by atoms with Gasteiger partial charge in [0.25, 0.3) is 0 Å². The molecule has 0 fully saturated rings. The highest BCUT2D eigenvalue weighted by Gasteiger charge is 2.07. The van der Waals surface area contributed by atoms with E-state index in [2.05, 4.69) is 24.4 Å². The molecule has 0 amide bonds. The molecule has 2 aromatic carbocycles. The Bertz CT molecular complexity index is 596. The van der Waals surface area contributed by atoms with Crippen LogP contribution in [0.2, 0.25) is 0 Å². The lowest BCUT2D eigenvalue weighted by molar-refractivity contribution is 0.507. The maximum atomic E-state index is 12.8. The Morgan fingerprint density at radius 2 is 1.80 bits per heavy atom. The number of halogens is 1. The van der Waals surface area contributed by atoms with Crippen molar-refractivity contribution in [1.82, 2.24) is 4.90 Å². The summed E-state index contributed by atoms with van der Waals surface area (Å²) in [4.78, 5) is 1.96. The van der Waals surface area contributed by atoms with Crippen molar-refractivity contribution in [2.75, 3.05) is 12.4 Å². The zero-order chi connectivity index (χ0) is 14.5. The van der Waals surface area contributed by atoms with Crippen molar-refractivity contribution < 1.29 is 4.39 Å². The van der Waals surface area contributed by atoms with Crippen LogP contribution in [-0.2, 0) is 6.54 Å². The van der Waals surface area contributed by atoms with Crippen LogP contribution in [0.15, 0.2) is 48.5 Å². The summed E-state index contributed by atoms with van der Waals surface area (Å²) in [6, 6.07) is 14.4.